The molecular weight excluding hydrogens is 426 g/mol. The van der Waals surface area contributed by atoms with Gasteiger partial charge in [-0.3, -0.25) is 9.59 Å². The van der Waals surface area contributed by atoms with E-state index in [1.54, 1.807) is 30.7 Å². The quantitative estimate of drug-likeness (QED) is 0.337. The van der Waals surface area contributed by atoms with Crippen LogP contribution in [0.5, 0.6) is 0 Å². The highest BCUT2D eigenvalue weighted by molar-refractivity contribution is 6.46. The second kappa shape index (κ2) is 9.01. The van der Waals surface area contributed by atoms with Crippen LogP contribution in [0.25, 0.3) is 5.76 Å². The van der Waals surface area contributed by atoms with Crippen molar-refractivity contribution in [2.24, 2.45) is 0 Å². The van der Waals surface area contributed by atoms with Gasteiger partial charge in [0.05, 0.1) is 17.9 Å². The lowest BCUT2D eigenvalue weighted by Gasteiger charge is -2.25. The molecule has 3 aromatic rings. The Bertz CT molecular complexity index is 1200. The SMILES string of the molecule is Cc1ccc(C)c(C(O)=C2C(=O)C(=O)N(CCCn3ccnc3)C2c2cccc(Cl)c2)c1. The molecule has 0 radical (unpaired) electrons. The first-order chi connectivity index (χ1) is 15.4. The lowest BCUT2D eigenvalue weighted by atomic mass is 9.93. The summed E-state index contributed by atoms with van der Waals surface area (Å²) in [6, 6.07) is 12.0. The summed E-state index contributed by atoms with van der Waals surface area (Å²) in [6.07, 6.45) is 5.89. The molecule has 1 aliphatic heterocycles. The van der Waals surface area contributed by atoms with E-state index in [1.807, 2.05) is 48.9 Å². The van der Waals surface area contributed by atoms with Crippen LogP contribution in [0.1, 0.15) is 34.7 Å². The van der Waals surface area contributed by atoms with Gasteiger partial charge in [0.25, 0.3) is 11.7 Å². The van der Waals surface area contributed by atoms with Crippen LogP contribution < -0.4 is 0 Å². The van der Waals surface area contributed by atoms with Crippen molar-refractivity contribution in [3.05, 3.63) is 94.0 Å². The summed E-state index contributed by atoms with van der Waals surface area (Å²) < 4.78 is 1.92. The summed E-state index contributed by atoms with van der Waals surface area (Å²) in [5, 5.41) is 11.7. The number of halogens is 1. The van der Waals surface area contributed by atoms with Crippen molar-refractivity contribution in [1.82, 2.24) is 14.5 Å². The molecule has 0 aliphatic carbocycles. The zero-order chi connectivity index (χ0) is 22.8. The van der Waals surface area contributed by atoms with Gasteiger partial charge in [-0.05, 0) is 49.6 Å². The first-order valence-corrected chi connectivity index (χ1v) is 10.8. The number of likely N-dealkylation sites (tertiary alicyclic amines) is 1. The molecule has 1 unspecified atom stereocenters. The van der Waals surface area contributed by atoms with Crippen molar-refractivity contribution >= 4 is 29.1 Å². The van der Waals surface area contributed by atoms with Crippen molar-refractivity contribution in [1.29, 1.82) is 0 Å². The smallest absolute Gasteiger partial charge is 0.295 e. The molecule has 1 aliphatic rings. The first kappa shape index (κ1) is 21.8. The Morgan fingerprint density at radius 1 is 1.12 bits per heavy atom. The van der Waals surface area contributed by atoms with Crippen molar-refractivity contribution in [2.75, 3.05) is 6.54 Å². The average Bonchev–Trinajstić information content (AvgIpc) is 3.37. The molecule has 0 spiro atoms. The second-order valence-corrected chi connectivity index (χ2v) is 8.46. The maximum Gasteiger partial charge on any atom is 0.295 e. The zero-order valence-corrected chi connectivity index (χ0v) is 18.7. The Balaban J connectivity index is 1.78. The number of amides is 1. The molecule has 6 nitrogen and oxygen atoms in total. The van der Waals surface area contributed by atoms with Gasteiger partial charge < -0.3 is 14.6 Å². The summed E-state index contributed by atoms with van der Waals surface area (Å²) in [7, 11) is 0. The lowest BCUT2D eigenvalue weighted by molar-refractivity contribution is -0.139. The van der Waals surface area contributed by atoms with E-state index in [1.165, 1.54) is 4.90 Å². The molecule has 0 bridgehead atoms. The number of rotatable bonds is 6. The first-order valence-electron chi connectivity index (χ1n) is 10.4. The molecule has 1 aromatic heterocycles. The van der Waals surface area contributed by atoms with Gasteiger partial charge in [-0.2, -0.15) is 0 Å². The van der Waals surface area contributed by atoms with E-state index in [-0.39, 0.29) is 11.3 Å². The highest BCUT2D eigenvalue weighted by Crippen LogP contribution is 2.40. The molecule has 1 amide bonds. The van der Waals surface area contributed by atoms with Gasteiger partial charge in [0.1, 0.15) is 5.76 Å². The normalized spacial score (nSPS) is 17.8. The monoisotopic (exact) mass is 449 g/mol. The molecule has 7 heteroatoms. The van der Waals surface area contributed by atoms with Crippen molar-refractivity contribution in [3.8, 4) is 0 Å². The highest BCUT2D eigenvalue weighted by Gasteiger charge is 2.45. The molecule has 1 atom stereocenters. The molecule has 32 heavy (non-hydrogen) atoms. The molecule has 2 heterocycles. The fraction of sp³-hybridized carbons (Fsp3) is 0.240. The molecule has 1 N–H and O–H groups in total. The van der Waals surface area contributed by atoms with Crippen LogP contribution >= 0.6 is 11.6 Å². The summed E-state index contributed by atoms with van der Waals surface area (Å²) in [5.41, 5.74) is 3.10. The molecule has 0 saturated carbocycles. The lowest BCUT2D eigenvalue weighted by Crippen LogP contribution is -2.31. The van der Waals surface area contributed by atoms with Gasteiger partial charge in [0.2, 0.25) is 0 Å². The largest absolute Gasteiger partial charge is 0.507 e. The van der Waals surface area contributed by atoms with Gasteiger partial charge >= 0.3 is 0 Å². The molecule has 1 fully saturated rings. The molecule has 4 rings (SSSR count). The van der Waals surface area contributed by atoms with E-state index >= 15 is 0 Å². The van der Waals surface area contributed by atoms with Gasteiger partial charge in [-0.1, -0.05) is 41.4 Å². The number of carbonyl (C=O) groups is 2. The third-order valence-electron chi connectivity index (χ3n) is 5.73. The number of Topliss-reactive ketones (excluding diaryl/α,β-unsaturated/α-hetero) is 1. The predicted octanol–water partition coefficient (Wildman–Crippen LogP) is 4.67. The van der Waals surface area contributed by atoms with Crippen molar-refractivity contribution in [3.63, 3.8) is 0 Å². The van der Waals surface area contributed by atoms with Crippen LogP contribution in [-0.4, -0.2) is 37.8 Å². The maximum absolute atomic E-state index is 13.1. The number of imidazole rings is 1. The Kier molecular flexibility index (Phi) is 6.15. The van der Waals surface area contributed by atoms with Crippen LogP contribution in [0, 0.1) is 13.8 Å². The van der Waals surface area contributed by atoms with Gasteiger partial charge in [-0.15, -0.1) is 0 Å². The standard InChI is InChI=1S/C25H24ClN3O3/c1-16-7-8-17(2)20(13-16)23(30)21-22(18-5-3-6-19(26)14-18)29(25(32)24(21)31)11-4-10-28-12-9-27-15-28/h3,5-9,12-15,22,30H,4,10-11H2,1-2H3. The van der Waals surface area contributed by atoms with E-state index in [0.29, 0.717) is 35.7 Å². The zero-order valence-electron chi connectivity index (χ0n) is 18.0. The number of aliphatic hydroxyl groups is 1. The minimum absolute atomic E-state index is 0.0913. The number of hydrogen-bond acceptors (Lipinski definition) is 4. The van der Waals surface area contributed by atoms with Crippen LogP contribution in [0.15, 0.2) is 66.8 Å². The maximum atomic E-state index is 13.1. The number of nitrogens with zero attached hydrogens (tertiary/aromatic N) is 3. The Hall–Kier alpha value is -3.38. The van der Waals surface area contributed by atoms with Crippen LogP contribution in [0.4, 0.5) is 0 Å². The highest BCUT2D eigenvalue weighted by atomic mass is 35.5. The van der Waals surface area contributed by atoms with Gasteiger partial charge in [0.15, 0.2) is 0 Å². The fourth-order valence-corrected chi connectivity index (χ4v) is 4.31. The van der Waals surface area contributed by atoms with Crippen LogP contribution in [0.2, 0.25) is 5.02 Å². The Morgan fingerprint density at radius 3 is 2.66 bits per heavy atom. The van der Waals surface area contributed by atoms with Crippen LogP contribution in [-0.2, 0) is 16.1 Å². The number of aryl methyl sites for hydroxylation is 3. The number of hydrogen-bond donors (Lipinski definition) is 1. The number of carbonyl (C=O) groups excluding carboxylic acids is 2. The van der Waals surface area contributed by atoms with E-state index < -0.39 is 17.7 Å². The van der Waals surface area contributed by atoms with Crippen LogP contribution in [0.3, 0.4) is 0 Å². The number of aliphatic hydroxyl groups excluding tert-OH is 1. The fourth-order valence-electron chi connectivity index (χ4n) is 4.11. The molecule has 2 aromatic carbocycles. The second-order valence-electron chi connectivity index (χ2n) is 8.02. The molecular formula is C25H24ClN3O3. The van der Waals surface area contributed by atoms with E-state index in [2.05, 4.69) is 4.98 Å². The minimum Gasteiger partial charge on any atom is -0.507 e. The van der Waals surface area contributed by atoms with E-state index in [4.69, 9.17) is 11.6 Å². The average molecular weight is 450 g/mol. The predicted molar refractivity (Wildman–Crippen MR) is 123 cm³/mol. The number of benzene rings is 2. The topological polar surface area (TPSA) is 75.4 Å². The summed E-state index contributed by atoms with van der Waals surface area (Å²) in [4.78, 5) is 31.7. The van der Waals surface area contributed by atoms with Gasteiger partial charge in [0, 0.05) is 36.1 Å². The molecule has 164 valence electrons. The summed E-state index contributed by atoms with van der Waals surface area (Å²) >= 11 is 6.23. The Morgan fingerprint density at radius 2 is 1.94 bits per heavy atom. The summed E-state index contributed by atoms with van der Waals surface area (Å²) in [5.74, 6) is -1.46. The van der Waals surface area contributed by atoms with E-state index in [0.717, 1.165) is 11.1 Å². The molecule has 1 saturated heterocycles. The summed E-state index contributed by atoms with van der Waals surface area (Å²) in [6.45, 7) is 4.79. The third kappa shape index (κ3) is 4.18. The van der Waals surface area contributed by atoms with Gasteiger partial charge in [-0.25, -0.2) is 4.98 Å². The van der Waals surface area contributed by atoms with Crippen molar-refractivity contribution in [2.45, 2.75) is 32.9 Å². The van der Waals surface area contributed by atoms with Crippen molar-refractivity contribution < 1.29 is 14.7 Å². The minimum atomic E-state index is -0.712. The Labute approximate surface area is 191 Å². The third-order valence-corrected chi connectivity index (χ3v) is 5.96. The van der Waals surface area contributed by atoms with E-state index in [9.17, 15) is 14.7 Å². The number of ketones is 1. The number of aromatic nitrogens is 2.